The number of unbranched alkanes of at least 4 members (excludes halogenated alkanes) is 2. The third-order valence-corrected chi connectivity index (χ3v) is 2.45. The maximum Gasteiger partial charge on any atom is 0.328 e. The molecule has 1 rings (SSSR count). The molecule has 0 saturated heterocycles. The SMILES string of the molecule is CCCCCNCCn1cc(F)c(=O)[nH]c1=O. The molecule has 5 nitrogen and oxygen atoms in total. The standard InChI is InChI=1S/C11H18FN3O2/c1-2-3-4-5-13-6-7-15-8-9(12)10(16)14-11(15)17/h8,13H,2-7H2,1H3,(H,14,16,17). The van der Waals surface area contributed by atoms with E-state index in [9.17, 15) is 14.0 Å². The number of nitrogens with one attached hydrogen (secondary N) is 2. The second kappa shape index (κ2) is 7.01. The van der Waals surface area contributed by atoms with Crippen LogP contribution < -0.4 is 16.6 Å². The lowest BCUT2D eigenvalue weighted by Crippen LogP contribution is -2.34. The summed E-state index contributed by atoms with van der Waals surface area (Å²) in [5, 5.41) is 3.16. The number of hydrogen-bond donors (Lipinski definition) is 2. The van der Waals surface area contributed by atoms with Gasteiger partial charge in [-0.1, -0.05) is 19.8 Å². The minimum atomic E-state index is -0.970. The molecule has 6 heteroatoms. The Bertz CT molecular complexity index is 453. The fourth-order valence-corrected chi connectivity index (χ4v) is 1.47. The van der Waals surface area contributed by atoms with Crippen molar-refractivity contribution in [2.75, 3.05) is 13.1 Å². The Kier molecular flexibility index (Phi) is 5.62. The van der Waals surface area contributed by atoms with E-state index >= 15 is 0 Å². The van der Waals surface area contributed by atoms with Crippen LogP contribution in [0.25, 0.3) is 0 Å². The quantitative estimate of drug-likeness (QED) is 0.683. The molecular weight excluding hydrogens is 225 g/mol. The van der Waals surface area contributed by atoms with Crippen molar-refractivity contribution in [2.24, 2.45) is 0 Å². The molecule has 0 aliphatic carbocycles. The van der Waals surface area contributed by atoms with Crippen molar-refractivity contribution in [1.82, 2.24) is 14.9 Å². The van der Waals surface area contributed by atoms with Gasteiger partial charge in [0, 0.05) is 13.1 Å². The van der Waals surface area contributed by atoms with Crippen LogP contribution in [0.5, 0.6) is 0 Å². The van der Waals surface area contributed by atoms with Gasteiger partial charge in [-0.3, -0.25) is 14.3 Å². The van der Waals surface area contributed by atoms with Gasteiger partial charge < -0.3 is 5.32 Å². The van der Waals surface area contributed by atoms with Crippen molar-refractivity contribution in [3.05, 3.63) is 32.9 Å². The molecule has 0 aliphatic rings. The molecule has 0 atom stereocenters. The summed E-state index contributed by atoms with van der Waals surface area (Å²) in [7, 11) is 0. The number of H-pyrrole nitrogens is 1. The number of hydrogen-bond acceptors (Lipinski definition) is 3. The highest BCUT2D eigenvalue weighted by atomic mass is 19.1. The van der Waals surface area contributed by atoms with Gasteiger partial charge in [0.25, 0.3) is 5.56 Å². The fourth-order valence-electron chi connectivity index (χ4n) is 1.47. The summed E-state index contributed by atoms with van der Waals surface area (Å²) in [5.74, 6) is -0.935. The number of halogens is 1. The zero-order valence-corrected chi connectivity index (χ0v) is 9.96. The van der Waals surface area contributed by atoms with Gasteiger partial charge in [-0.05, 0) is 13.0 Å². The minimum absolute atomic E-state index is 0.346. The van der Waals surface area contributed by atoms with Crippen molar-refractivity contribution in [3.8, 4) is 0 Å². The highest BCUT2D eigenvalue weighted by Gasteiger charge is 2.02. The molecule has 0 bridgehead atoms. The summed E-state index contributed by atoms with van der Waals surface area (Å²) in [6.07, 6.45) is 4.35. The Morgan fingerprint density at radius 2 is 2.12 bits per heavy atom. The maximum atomic E-state index is 12.9. The van der Waals surface area contributed by atoms with Crippen LogP contribution in [-0.4, -0.2) is 22.6 Å². The van der Waals surface area contributed by atoms with Crippen LogP contribution >= 0.6 is 0 Å². The predicted octanol–water partition coefficient (Wildman–Crippen LogP) is 0.456. The van der Waals surface area contributed by atoms with Gasteiger partial charge in [0.15, 0.2) is 0 Å². The first-order valence-electron chi connectivity index (χ1n) is 5.85. The Hall–Kier alpha value is -1.43. The molecule has 0 saturated carbocycles. The minimum Gasteiger partial charge on any atom is -0.315 e. The molecule has 1 aromatic rings. The maximum absolute atomic E-state index is 12.9. The Labute approximate surface area is 98.7 Å². The monoisotopic (exact) mass is 243 g/mol. The average molecular weight is 243 g/mol. The van der Waals surface area contributed by atoms with E-state index in [1.807, 2.05) is 4.98 Å². The van der Waals surface area contributed by atoms with E-state index in [4.69, 9.17) is 0 Å². The van der Waals surface area contributed by atoms with E-state index in [0.29, 0.717) is 13.1 Å². The van der Waals surface area contributed by atoms with Crippen molar-refractivity contribution in [2.45, 2.75) is 32.7 Å². The van der Waals surface area contributed by atoms with Gasteiger partial charge in [0.05, 0.1) is 6.20 Å². The molecule has 0 fully saturated rings. The van der Waals surface area contributed by atoms with Crippen molar-refractivity contribution >= 4 is 0 Å². The molecule has 0 radical (unpaired) electrons. The third kappa shape index (κ3) is 4.52. The Balaban J connectivity index is 2.39. The molecule has 0 amide bonds. The highest BCUT2D eigenvalue weighted by molar-refractivity contribution is 4.87. The summed E-state index contributed by atoms with van der Waals surface area (Å²) in [6, 6.07) is 0. The molecule has 17 heavy (non-hydrogen) atoms. The van der Waals surface area contributed by atoms with E-state index < -0.39 is 17.1 Å². The zero-order chi connectivity index (χ0) is 12.7. The van der Waals surface area contributed by atoms with Crippen molar-refractivity contribution in [3.63, 3.8) is 0 Å². The molecule has 1 heterocycles. The lowest BCUT2D eigenvalue weighted by molar-refractivity contribution is 0.522. The highest BCUT2D eigenvalue weighted by Crippen LogP contribution is 1.90. The van der Waals surface area contributed by atoms with E-state index in [0.717, 1.165) is 30.2 Å². The van der Waals surface area contributed by atoms with Crippen LogP contribution in [0.15, 0.2) is 15.8 Å². The molecule has 0 spiro atoms. The van der Waals surface area contributed by atoms with Gasteiger partial charge in [-0.2, -0.15) is 4.39 Å². The average Bonchev–Trinajstić information content (AvgIpc) is 2.30. The van der Waals surface area contributed by atoms with Gasteiger partial charge >= 0.3 is 5.69 Å². The first-order valence-corrected chi connectivity index (χ1v) is 5.85. The number of rotatable bonds is 7. The number of aromatic nitrogens is 2. The predicted molar refractivity (Wildman–Crippen MR) is 63.7 cm³/mol. The molecule has 1 aromatic heterocycles. The van der Waals surface area contributed by atoms with Gasteiger partial charge in [-0.25, -0.2) is 4.79 Å². The number of aromatic amines is 1. The van der Waals surface area contributed by atoms with E-state index in [2.05, 4.69) is 12.2 Å². The second-order valence-corrected chi connectivity index (χ2v) is 3.89. The van der Waals surface area contributed by atoms with E-state index in [1.165, 1.54) is 6.42 Å². The van der Waals surface area contributed by atoms with Crippen LogP contribution in [0.2, 0.25) is 0 Å². The second-order valence-electron chi connectivity index (χ2n) is 3.89. The lowest BCUT2D eigenvalue weighted by atomic mass is 10.2. The van der Waals surface area contributed by atoms with Gasteiger partial charge in [0.1, 0.15) is 0 Å². The smallest absolute Gasteiger partial charge is 0.315 e. The molecule has 96 valence electrons. The van der Waals surface area contributed by atoms with Crippen LogP contribution in [0.3, 0.4) is 0 Å². The first-order chi connectivity index (χ1) is 8.15. The number of nitrogens with zero attached hydrogens (tertiary/aromatic N) is 1. The zero-order valence-electron chi connectivity index (χ0n) is 9.96. The molecule has 2 N–H and O–H groups in total. The summed E-state index contributed by atoms with van der Waals surface area (Å²) in [5.41, 5.74) is -1.55. The summed E-state index contributed by atoms with van der Waals surface area (Å²) >= 11 is 0. The molecule has 0 unspecified atom stereocenters. The van der Waals surface area contributed by atoms with E-state index in [1.54, 1.807) is 0 Å². The van der Waals surface area contributed by atoms with Gasteiger partial charge in [-0.15, -0.1) is 0 Å². The topological polar surface area (TPSA) is 66.9 Å². The van der Waals surface area contributed by atoms with Crippen LogP contribution in [0.4, 0.5) is 4.39 Å². The Morgan fingerprint density at radius 1 is 1.35 bits per heavy atom. The largest absolute Gasteiger partial charge is 0.328 e. The summed E-state index contributed by atoms with van der Waals surface area (Å²) < 4.78 is 14.1. The third-order valence-electron chi connectivity index (χ3n) is 2.45. The summed E-state index contributed by atoms with van der Waals surface area (Å²) in [4.78, 5) is 24.0. The lowest BCUT2D eigenvalue weighted by Gasteiger charge is -2.06. The van der Waals surface area contributed by atoms with Crippen LogP contribution in [-0.2, 0) is 6.54 Å². The normalized spacial score (nSPS) is 10.7. The van der Waals surface area contributed by atoms with Crippen molar-refractivity contribution < 1.29 is 4.39 Å². The molecule has 0 aliphatic heterocycles. The fraction of sp³-hybridized carbons (Fsp3) is 0.636. The molecular formula is C11H18FN3O2. The van der Waals surface area contributed by atoms with Gasteiger partial charge in [0.2, 0.25) is 5.82 Å². The summed E-state index contributed by atoms with van der Waals surface area (Å²) in [6.45, 7) is 3.94. The first kappa shape index (κ1) is 13.6. The van der Waals surface area contributed by atoms with Crippen LogP contribution in [0, 0.1) is 5.82 Å². The molecule has 0 aromatic carbocycles. The Morgan fingerprint density at radius 3 is 2.82 bits per heavy atom. The van der Waals surface area contributed by atoms with Crippen molar-refractivity contribution in [1.29, 1.82) is 0 Å². The van der Waals surface area contributed by atoms with Crippen LogP contribution in [0.1, 0.15) is 26.2 Å². The van der Waals surface area contributed by atoms with E-state index in [-0.39, 0.29) is 0 Å².